The minimum atomic E-state index is -0.0356. The molecular weight excluding hydrogens is 567 g/mol. The van der Waals surface area contributed by atoms with E-state index >= 15 is 0 Å². The van der Waals surface area contributed by atoms with Crippen LogP contribution in [0.3, 0.4) is 0 Å². The van der Waals surface area contributed by atoms with Gasteiger partial charge in [0, 0.05) is 62.0 Å². The van der Waals surface area contributed by atoms with Gasteiger partial charge in [-0.2, -0.15) is 0 Å². The first kappa shape index (κ1) is 30.1. The van der Waals surface area contributed by atoms with Gasteiger partial charge in [-0.25, -0.2) is 9.97 Å². The Balaban J connectivity index is 1.39. The van der Waals surface area contributed by atoms with Gasteiger partial charge in [0.2, 0.25) is 5.91 Å². The van der Waals surface area contributed by atoms with Gasteiger partial charge in [0.25, 0.3) is 5.91 Å². The summed E-state index contributed by atoms with van der Waals surface area (Å²) in [5.74, 6) is 0.895. The van der Waals surface area contributed by atoms with Gasteiger partial charge in [-0.15, -0.1) is 0 Å². The number of anilines is 1. The first-order valence-corrected chi connectivity index (χ1v) is 14.9. The summed E-state index contributed by atoms with van der Waals surface area (Å²) in [6, 6.07) is 18.6. The third kappa shape index (κ3) is 8.33. The molecule has 1 aromatic heterocycles. The number of benzene rings is 2. The van der Waals surface area contributed by atoms with Gasteiger partial charge in [-0.05, 0) is 50.8 Å². The number of nitrogens with zero attached hydrogens (tertiary/aromatic N) is 6. The lowest BCUT2D eigenvalue weighted by Crippen LogP contribution is -2.54. The molecular formula is C29H34Cl2N6O2S. The Labute approximate surface area is 250 Å². The number of carbonyl (C=O) groups is 2. The van der Waals surface area contributed by atoms with Crippen LogP contribution < -0.4 is 4.90 Å². The molecule has 0 aliphatic carbocycles. The first-order valence-electron chi connectivity index (χ1n) is 13.1. The zero-order valence-electron chi connectivity index (χ0n) is 23.0. The summed E-state index contributed by atoms with van der Waals surface area (Å²) >= 11 is 13.6. The summed E-state index contributed by atoms with van der Waals surface area (Å²) in [7, 11) is 3.99. The van der Waals surface area contributed by atoms with Crippen LogP contribution in [-0.4, -0.2) is 95.1 Å². The standard InChI is InChI=1S/C29H34Cl2N6O2S/c1-21-18-35(15-16-37(21)28(39)23-9-11-24(30)12-10-23)26-17-25(31)32-29(33-26)40-20-27(38)36(14-13-34(2)3)19-22-7-5-4-6-8-22/h4-12,17,21H,13-16,18-20H2,1-3H3. The Morgan fingerprint density at radius 1 is 1.00 bits per heavy atom. The lowest BCUT2D eigenvalue weighted by molar-refractivity contribution is -0.129. The Morgan fingerprint density at radius 2 is 1.73 bits per heavy atom. The van der Waals surface area contributed by atoms with E-state index in [9.17, 15) is 9.59 Å². The van der Waals surface area contributed by atoms with E-state index < -0.39 is 0 Å². The van der Waals surface area contributed by atoms with Crippen LogP contribution in [0.5, 0.6) is 0 Å². The van der Waals surface area contributed by atoms with Gasteiger partial charge in [0.15, 0.2) is 5.16 Å². The highest BCUT2D eigenvalue weighted by molar-refractivity contribution is 7.99. The number of thioether (sulfide) groups is 1. The van der Waals surface area contributed by atoms with E-state index in [0.717, 1.165) is 12.1 Å². The van der Waals surface area contributed by atoms with Crippen LogP contribution in [0.25, 0.3) is 0 Å². The highest BCUT2D eigenvalue weighted by Crippen LogP contribution is 2.25. The van der Waals surface area contributed by atoms with Crippen LogP contribution in [-0.2, 0) is 11.3 Å². The third-order valence-electron chi connectivity index (χ3n) is 6.68. The third-order valence-corrected chi connectivity index (χ3v) is 7.95. The molecule has 1 aliphatic heterocycles. The monoisotopic (exact) mass is 600 g/mol. The van der Waals surface area contributed by atoms with Crippen LogP contribution in [0.15, 0.2) is 65.8 Å². The van der Waals surface area contributed by atoms with Crippen molar-refractivity contribution in [1.82, 2.24) is 24.7 Å². The number of piperazine rings is 1. The summed E-state index contributed by atoms with van der Waals surface area (Å²) in [5.41, 5.74) is 1.70. The largest absolute Gasteiger partial charge is 0.353 e. The molecule has 0 spiro atoms. The molecule has 40 heavy (non-hydrogen) atoms. The summed E-state index contributed by atoms with van der Waals surface area (Å²) in [6.07, 6.45) is 0. The number of hydrogen-bond acceptors (Lipinski definition) is 7. The molecule has 8 nitrogen and oxygen atoms in total. The summed E-state index contributed by atoms with van der Waals surface area (Å²) in [6.45, 7) is 5.72. The number of likely N-dealkylation sites (N-methyl/N-ethyl adjacent to an activating group) is 1. The zero-order chi connectivity index (χ0) is 28.6. The van der Waals surface area contributed by atoms with Crippen LogP contribution in [0, 0.1) is 0 Å². The Kier molecular flexibility index (Phi) is 10.7. The van der Waals surface area contributed by atoms with E-state index in [4.69, 9.17) is 28.2 Å². The van der Waals surface area contributed by atoms with Crippen molar-refractivity contribution in [2.45, 2.75) is 24.7 Å². The van der Waals surface area contributed by atoms with Crippen LogP contribution >= 0.6 is 35.0 Å². The summed E-state index contributed by atoms with van der Waals surface area (Å²) in [5, 5.41) is 1.37. The van der Waals surface area contributed by atoms with Crippen molar-refractivity contribution >= 4 is 52.6 Å². The van der Waals surface area contributed by atoms with Gasteiger partial charge in [-0.1, -0.05) is 65.3 Å². The number of amides is 2. The van der Waals surface area contributed by atoms with E-state index in [1.165, 1.54) is 11.8 Å². The van der Waals surface area contributed by atoms with E-state index in [0.29, 0.717) is 59.4 Å². The van der Waals surface area contributed by atoms with Gasteiger partial charge in [0.1, 0.15) is 11.0 Å². The fourth-order valence-corrected chi connectivity index (χ4v) is 5.58. The first-order chi connectivity index (χ1) is 19.2. The quantitative estimate of drug-likeness (QED) is 0.188. The molecule has 212 valence electrons. The molecule has 1 saturated heterocycles. The maximum absolute atomic E-state index is 13.2. The molecule has 11 heteroatoms. The predicted molar refractivity (Wildman–Crippen MR) is 162 cm³/mol. The maximum Gasteiger partial charge on any atom is 0.254 e. The van der Waals surface area contributed by atoms with Crippen molar-refractivity contribution in [3.63, 3.8) is 0 Å². The second-order valence-corrected chi connectivity index (χ2v) is 11.8. The Morgan fingerprint density at radius 3 is 2.40 bits per heavy atom. The maximum atomic E-state index is 13.2. The number of halogens is 2. The predicted octanol–water partition coefficient (Wildman–Crippen LogP) is 4.82. The Hall–Kier alpha value is -2.85. The van der Waals surface area contributed by atoms with Gasteiger partial charge >= 0.3 is 0 Å². The number of aromatic nitrogens is 2. The van der Waals surface area contributed by atoms with E-state index in [1.807, 2.05) is 61.2 Å². The molecule has 4 rings (SSSR count). The minimum absolute atomic E-state index is 0.0174. The average molecular weight is 602 g/mol. The molecule has 1 unspecified atom stereocenters. The summed E-state index contributed by atoms with van der Waals surface area (Å²) in [4.78, 5) is 43.3. The number of hydrogen-bond donors (Lipinski definition) is 0. The van der Waals surface area contributed by atoms with Crippen molar-refractivity contribution in [1.29, 1.82) is 0 Å². The van der Waals surface area contributed by atoms with Gasteiger partial charge < -0.3 is 19.6 Å². The van der Waals surface area contributed by atoms with Crippen molar-refractivity contribution < 1.29 is 9.59 Å². The smallest absolute Gasteiger partial charge is 0.254 e. The zero-order valence-corrected chi connectivity index (χ0v) is 25.3. The highest BCUT2D eigenvalue weighted by Gasteiger charge is 2.29. The average Bonchev–Trinajstić information content (AvgIpc) is 2.94. The van der Waals surface area contributed by atoms with Gasteiger partial charge in [0.05, 0.1) is 5.75 Å². The van der Waals surface area contributed by atoms with Crippen molar-refractivity contribution in [3.05, 3.63) is 82.0 Å². The number of carbonyl (C=O) groups excluding carboxylic acids is 2. The molecule has 1 aliphatic rings. The lowest BCUT2D eigenvalue weighted by Gasteiger charge is -2.40. The van der Waals surface area contributed by atoms with Crippen molar-refractivity contribution in [2.24, 2.45) is 0 Å². The van der Waals surface area contributed by atoms with Crippen LogP contribution in [0.4, 0.5) is 5.82 Å². The molecule has 1 atom stereocenters. The molecule has 0 N–H and O–H groups in total. The topological polar surface area (TPSA) is 72.9 Å². The summed E-state index contributed by atoms with van der Waals surface area (Å²) < 4.78 is 0. The fourth-order valence-electron chi connectivity index (χ4n) is 4.47. The fraction of sp³-hybridized carbons (Fsp3) is 0.379. The van der Waals surface area contributed by atoms with Gasteiger partial charge in [-0.3, -0.25) is 9.59 Å². The molecule has 2 heterocycles. The lowest BCUT2D eigenvalue weighted by atomic mass is 10.1. The second-order valence-electron chi connectivity index (χ2n) is 10.0. The molecule has 0 radical (unpaired) electrons. The van der Waals surface area contributed by atoms with E-state index in [2.05, 4.69) is 14.8 Å². The molecule has 3 aromatic rings. The van der Waals surface area contributed by atoms with E-state index in [-0.39, 0.29) is 23.6 Å². The molecule has 1 fully saturated rings. The minimum Gasteiger partial charge on any atom is -0.353 e. The molecule has 0 saturated carbocycles. The van der Waals surface area contributed by atoms with Crippen molar-refractivity contribution in [3.8, 4) is 0 Å². The highest BCUT2D eigenvalue weighted by atomic mass is 35.5. The van der Waals surface area contributed by atoms with Crippen LogP contribution in [0.2, 0.25) is 10.2 Å². The number of rotatable bonds is 10. The van der Waals surface area contributed by atoms with E-state index in [1.54, 1.807) is 30.3 Å². The van der Waals surface area contributed by atoms with Crippen molar-refractivity contribution in [2.75, 3.05) is 57.5 Å². The molecule has 0 bridgehead atoms. The molecule has 2 amide bonds. The molecule has 2 aromatic carbocycles. The second kappa shape index (κ2) is 14.2. The SMILES string of the molecule is CC1CN(c2cc(Cl)nc(SCC(=O)N(CCN(C)C)Cc3ccccc3)n2)CCN1C(=O)c1ccc(Cl)cc1. The Bertz CT molecular complexity index is 1300. The van der Waals surface area contributed by atoms with Crippen LogP contribution in [0.1, 0.15) is 22.8 Å². The normalized spacial score (nSPS) is 15.4.